The Morgan fingerprint density at radius 1 is 1.47 bits per heavy atom. The second kappa shape index (κ2) is 5.47. The van der Waals surface area contributed by atoms with Gasteiger partial charge >= 0.3 is 0 Å². The van der Waals surface area contributed by atoms with E-state index in [4.69, 9.17) is 5.73 Å². The van der Waals surface area contributed by atoms with Gasteiger partial charge in [0.1, 0.15) is 0 Å². The predicted octanol–water partition coefficient (Wildman–Crippen LogP) is 0.535. The molecule has 0 aromatic rings. The van der Waals surface area contributed by atoms with Crippen LogP contribution in [0.15, 0.2) is 0 Å². The van der Waals surface area contributed by atoms with Crippen LogP contribution in [0.5, 0.6) is 0 Å². The van der Waals surface area contributed by atoms with Crippen molar-refractivity contribution in [3.63, 3.8) is 0 Å². The quantitative estimate of drug-likeness (QED) is 0.639. The highest BCUT2D eigenvalue weighted by Gasteiger charge is 2.34. The van der Waals surface area contributed by atoms with Gasteiger partial charge in [0.15, 0.2) is 0 Å². The van der Waals surface area contributed by atoms with Crippen molar-refractivity contribution in [2.75, 3.05) is 6.54 Å². The van der Waals surface area contributed by atoms with Crippen molar-refractivity contribution in [3.8, 4) is 0 Å². The van der Waals surface area contributed by atoms with Crippen molar-refractivity contribution in [2.45, 2.75) is 57.1 Å². The highest BCUT2D eigenvalue weighted by molar-refractivity contribution is 5.86. The number of nitrogens with two attached hydrogens (primary N) is 1. The molecule has 1 atom stereocenters. The summed E-state index contributed by atoms with van der Waals surface area (Å²) < 4.78 is 0. The largest absolute Gasteiger partial charge is 0.391 e. The van der Waals surface area contributed by atoms with Gasteiger partial charge in [-0.25, -0.2) is 0 Å². The second-order valence-electron chi connectivity index (χ2n) is 4.49. The summed E-state index contributed by atoms with van der Waals surface area (Å²) in [4.78, 5) is 11.8. The van der Waals surface area contributed by atoms with Crippen LogP contribution in [0.4, 0.5) is 0 Å². The van der Waals surface area contributed by atoms with Crippen molar-refractivity contribution >= 4 is 5.91 Å². The first-order chi connectivity index (χ1) is 7.08. The van der Waals surface area contributed by atoms with E-state index in [9.17, 15) is 9.90 Å². The lowest BCUT2D eigenvalue weighted by Crippen LogP contribution is -2.55. The predicted molar refractivity (Wildman–Crippen MR) is 59.3 cm³/mol. The number of nitrogens with one attached hydrogen (secondary N) is 1. The molecule has 4 heteroatoms. The number of rotatable bonds is 4. The molecule has 1 fully saturated rings. The number of hydrogen-bond donors (Lipinski definition) is 3. The van der Waals surface area contributed by atoms with Gasteiger partial charge in [-0.15, -0.1) is 0 Å². The molecule has 0 radical (unpaired) electrons. The minimum atomic E-state index is -0.689. The molecular formula is C11H22N2O2. The molecule has 1 aliphatic carbocycles. The minimum absolute atomic E-state index is 0.102. The maximum Gasteiger partial charge on any atom is 0.240 e. The van der Waals surface area contributed by atoms with E-state index < -0.39 is 11.6 Å². The van der Waals surface area contributed by atoms with Gasteiger partial charge < -0.3 is 16.2 Å². The van der Waals surface area contributed by atoms with Gasteiger partial charge in [-0.3, -0.25) is 4.79 Å². The molecular weight excluding hydrogens is 192 g/mol. The molecule has 0 bridgehead atoms. The average molecular weight is 214 g/mol. The van der Waals surface area contributed by atoms with Crippen LogP contribution in [0.25, 0.3) is 0 Å². The van der Waals surface area contributed by atoms with Gasteiger partial charge in [0, 0.05) is 6.54 Å². The van der Waals surface area contributed by atoms with Crippen molar-refractivity contribution in [1.29, 1.82) is 0 Å². The molecule has 1 rings (SSSR count). The summed E-state index contributed by atoms with van der Waals surface area (Å²) in [6, 6.07) is 0. The first-order valence-electron chi connectivity index (χ1n) is 5.84. The molecule has 0 aromatic carbocycles. The van der Waals surface area contributed by atoms with Crippen LogP contribution in [-0.2, 0) is 4.79 Å². The van der Waals surface area contributed by atoms with E-state index in [1.165, 1.54) is 6.42 Å². The maximum atomic E-state index is 11.8. The number of aliphatic hydroxyl groups is 1. The third-order valence-electron chi connectivity index (χ3n) is 3.17. The molecule has 88 valence electrons. The van der Waals surface area contributed by atoms with Gasteiger partial charge in [0.25, 0.3) is 0 Å². The molecule has 1 amide bonds. The fourth-order valence-corrected chi connectivity index (χ4v) is 1.94. The van der Waals surface area contributed by atoms with Gasteiger partial charge in [-0.1, -0.05) is 26.2 Å². The smallest absolute Gasteiger partial charge is 0.240 e. The Labute approximate surface area is 91.2 Å². The summed E-state index contributed by atoms with van der Waals surface area (Å²) in [5.74, 6) is -0.102. The molecule has 0 aromatic heterocycles. The van der Waals surface area contributed by atoms with Crippen LogP contribution in [0.1, 0.15) is 45.4 Å². The molecule has 15 heavy (non-hydrogen) atoms. The summed E-state index contributed by atoms with van der Waals surface area (Å²) in [5, 5.41) is 12.1. The molecule has 0 saturated heterocycles. The summed E-state index contributed by atoms with van der Waals surface area (Å²) in [6.07, 6.45) is 4.95. The standard InChI is InChI=1S/C11H22N2O2/c1-2-9(14)8-13-10(15)11(12)6-4-3-5-7-11/h9,14H,2-8,12H2,1H3,(H,13,15). The number of carbonyl (C=O) groups excluding carboxylic acids is 1. The van der Waals surface area contributed by atoms with Crippen LogP contribution in [-0.4, -0.2) is 29.2 Å². The lowest BCUT2D eigenvalue weighted by molar-refractivity contribution is -0.128. The molecule has 4 nitrogen and oxygen atoms in total. The number of hydrogen-bond acceptors (Lipinski definition) is 3. The molecule has 0 spiro atoms. The van der Waals surface area contributed by atoms with Crippen molar-refractivity contribution in [2.24, 2.45) is 5.73 Å². The van der Waals surface area contributed by atoms with E-state index in [1.54, 1.807) is 0 Å². The molecule has 0 aliphatic heterocycles. The van der Waals surface area contributed by atoms with Crippen molar-refractivity contribution in [3.05, 3.63) is 0 Å². The monoisotopic (exact) mass is 214 g/mol. The van der Waals surface area contributed by atoms with Crippen LogP contribution in [0, 0.1) is 0 Å². The number of aliphatic hydroxyl groups excluding tert-OH is 1. The normalized spacial score (nSPS) is 22.1. The second-order valence-corrected chi connectivity index (χ2v) is 4.49. The van der Waals surface area contributed by atoms with E-state index in [2.05, 4.69) is 5.32 Å². The Hall–Kier alpha value is -0.610. The van der Waals surface area contributed by atoms with E-state index >= 15 is 0 Å². The first kappa shape index (κ1) is 12.5. The van der Waals surface area contributed by atoms with Gasteiger partial charge in [0.2, 0.25) is 5.91 Å². The van der Waals surface area contributed by atoms with Gasteiger partial charge in [0.05, 0.1) is 11.6 Å². The summed E-state index contributed by atoms with van der Waals surface area (Å²) >= 11 is 0. The van der Waals surface area contributed by atoms with Crippen LogP contribution >= 0.6 is 0 Å². The average Bonchev–Trinajstić information content (AvgIpc) is 2.26. The molecule has 0 heterocycles. The van der Waals surface area contributed by atoms with E-state index in [0.717, 1.165) is 25.7 Å². The summed E-state index contributed by atoms with van der Waals surface area (Å²) in [6.45, 7) is 2.20. The molecule has 1 unspecified atom stereocenters. The molecule has 1 saturated carbocycles. The lowest BCUT2D eigenvalue weighted by Gasteiger charge is -2.32. The Bertz CT molecular complexity index is 213. The first-order valence-corrected chi connectivity index (χ1v) is 5.84. The third kappa shape index (κ3) is 3.47. The fraction of sp³-hybridized carbons (Fsp3) is 0.909. The Morgan fingerprint density at radius 2 is 2.07 bits per heavy atom. The SMILES string of the molecule is CCC(O)CNC(=O)C1(N)CCCCC1. The Balaban J connectivity index is 2.37. The Morgan fingerprint density at radius 3 is 2.60 bits per heavy atom. The third-order valence-corrected chi connectivity index (χ3v) is 3.17. The van der Waals surface area contributed by atoms with Crippen LogP contribution in [0.2, 0.25) is 0 Å². The highest BCUT2D eigenvalue weighted by Crippen LogP contribution is 2.25. The van der Waals surface area contributed by atoms with Crippen LogP contribution in [0.3, 0.4) is 0 Å². The van der Waals surface area contributed by atoms with E-state index in [1.807, 2.05) is 6.92 Å². The zero-order chi connectivity index (χ0) is 11.3. The topological polar surface area (TPSA) is 75.3 Å². The zero-order valence-electron chi connectivity index (χ0n) is 9.46. The van der Waals surface area contributed by atoms with Crippen molar-refractivity contribution in [1.82, 2.24) is 5.32 Å². The minimum Gasteiger partial charge on any atom is -0.391 e. The Kier molecular flexibility index (Phi) is 4.54. The number of amides is 1. The lowest BCUT2D eigenvalue weighted by atomic mass is 9.82. The van der Waals surface area contributed by atoms with Crippen LogP contribution < -0.4 is 11.1 Å². The molecule has 4 N–H and O–H groups in total. The van der Waals surface area contributed by atoms with Gasteiger partial charge in [-0.2, -0.15) is 0 Å². The fourth-order valence-electron chi connectivity index (χ4n) is 1.94. The summed E-state index contributed by atoms with van der Waals surface area (Å²) in [7, 11) is 0. The summed E-state index contributed by atoms with van der Waals surface area (Å²) in [5.41, 5.74) is 5.35. The van der Waals surface area contributed by atoms with Gasteiger partial charge in [-0.05, 0) is 19.3 Å². The van der Waals surface area contributed by atoms with E-state index in [0.29, 0.717) is 13.0 Å². The number of carbonyl (C=O) groups is 1. The molecule has 1 aliphatic rings. The van der Waals surface area contributed by atoms with E-state index in [-0.39, 0.29) is 5.91 Å². The zero-order valence-corrected chi connectivity index (χ0v) is 9.46. The van der Waals surface area contributed by atoms with Crippen molar-refractivity contribution < 1.29 is 9.90 Å². The highest BCUT2D eigenvalue weighted by atomic mass is 16.3. The maximum absolute atomic E-state index is 11.8.